The highest BCUT2D eigenvalue weighted by Gasteiger charge is 2.21. The minimum atomic E-state index is -3.99. The van der Waals surface area contributed by atoms with Crippen LogP contribution in [-0.2, 0) is 10.1 Å². The number of nitrogens with zero attached hydrogens (tertiary/aromatic N) is 1. The molecular formula is C18H18ClNO4S2. The zero-order valence-electron chi connectivity index (χ0n) is 14.1. The molecule has 0 bridgehead atoms. The first kappa shape index (κ1) is 18.9. The molecular weight excluding hydrogens is 394 g/mol. The van der Waals surface area contributed by atoms with E-state index < -0.39 is 10.1 Å². The summed E-state index contributed by atoms with van der Waals surface area (Å²) < 4.78 is 35.5. The average Bonchev–Trinajstić information content (AvgIpc) is 3.16. The lowest BCUT2D eigenvalue weighted by Gasteiger charge is -2.19. The third kappa shape index (κ3) is 4.11. The fraction of sp³-hybridized carbons (Fsp3) is 0.278. The van der Waals surface area contributed by atoms with Gasteiger partial charge in [-0.05, 0) is 55.3 Å². The number of rotatable bonds is 5. The van der Waals surface area contributed by atoms with Gasteiger partial charge in [0.1, 0.15) is 9.88 Å². The first-order valence-electron chi connectivity index (χ1n) is 8.08. The van der Waals surface area contributed by atoms with Crippen LogP contribution in [0.25, 0.3) is 0 Å². The van der Waals surface area contributed by atoms with Crippen LogP contribution in [0, 0.1) is 0 Å². The minimum Gasteiger partial charge on any atom is -0.493 e. The largest absolute Gasteiger partial charge is 0.493 e. The van der Waals surface area contributed by atoms with Crippen molar-refractivity contribution in [1.29, 1.82) is 0 Å². The van der Waals surface area contributed by atoms with E-state index in [0.717, 1.165) is 36.5 Å². The standard InChI is InChI=1S/C18H18ClNO4S2/c1-23-17-12-13(18(25)20-10-2-3-11-20)4-9-16(17)24-26(21,22)15-7-5-14(19)6-8-15/h4-9,12H,2-3,10-11H2,1H3. The van der Waals surface area contributed by atoms with Gasteiger partial charge in [0.2, 0.25) is 0 Å². The SMILES string of the molecule is COc1cc(C(=S)N2CCCC2)ccc1OS(=O)(=O)c1ccc(Cl)cc1. The van der Waals surface area contributed by atoms with Gasteiger partial charge in [-0.3, -0.25) is 0 Å². The molecule has 3 rings (SSSR count). The molecule has 0 saturated carbocycles. The summed E-state index contributed by atoms with van der Waals surface area (Å²) in [5.41, 5.74) is 0.801. The Balaban J connectivity index is 1.85. The number of halogens is 1. The molecule has 1 aliphatic heterocycles. The Morgan fingerprint density at radius 2 is 1.73 bits per heavy atom. The highest BCUT2D eigenvalue weighted by Crippen LogP contribution is 2.32. The van der Waals surface area contributed by atoms with E-state index in [0.29, 0.717) is 10.8 Å². The number of likely N-dealkylation sites (tertiary alicyclic amines) is 1. The number of benzene rings is 2. The molecule has 1 fully saturated rings. The fourth-order valence-corrected chi connectivity index (χ4v) is 4.12. The van der Waals surface area contributed by atoms with E-state index in [1.807, 2.05) is 0 Å². The molecule has 0 spiro atoms. The molecule has 5 nitrogen and oxygen atoms in total. The normalized spacial score (nSPS) is 14.3. The third-order valence-electron chi connectivity index (χ3n) is 4.11. The van der Waals surface area contributed by atoms with E-state index >= 15 is 0 Å². The van der Waals surface area contributed by atoms with Crippen LogP contribution in [0.4, 0.5) is 0 Å². The number of hydrogen-bond donors (Lipinski definition) is 0. The van der Waals surface area contributed by atoms with Crippen LogP contribution in [0.15, 0.2) is 47.4 Å². The monoisotopic (exact) mass is 411 g/mol. The van der Waals surface area contributed by atoms with Crippen molar-refractivity contribution in [2.24, 2.45) is 0 Å². The maximum atomic E-state index is 12.5. The van der Waals surface area contributed by atoms with E-state index in [2.05, 4.69) is 4.90 Å². The molecule has 0 unspecified atom stereocenters. The summed E-state index contributed by atoms with van der Waals surface area (Å²) in [7, 11) is -2.54. The smallest absolute Gasteiger partial charge is 0.339 e. The predicted octanol–water partition coefficient (Wildman–Crippen LogP) is 3.89. The molecule has 0 atom stereocenters. The van der Waals surface area contributed by atoms with Crippen LogP contribution in [-0.4, -0.2) is 38.5 Å². The van der Waals surface area contributed by atoms with E-state index in [1.165, 1.54) is 31.4 Å². The minimum absolute atomic E-state index is 0.0145. The van der Waals surface area contributed by atoms with Gasteiger partial charge in [-0.15, -0.1) is 0 Å². The van der Waals surface area contributed by atoms with E-state index in [4.69, 9.17) is 32.7 Å². The zero-order valence-corrected chi connectivity index (χ0v) is 16.5. The van der Waals surface area contributed by atoms with Gasteiger partial charge in [0, 0.05) is 23.7 Å². The summed E-state index contributed by atoms with van der Waals surface area (Å²) in [6, 6.07) is 10.8. The Bertz CT molecular complexity index is 907. The Morgan fingerprint density at radius 1 is 1.08 bits per heavy atom. The van der Waals surface area contributed by atoms with Crippen LogP contribution in [0.5, 0.6) is 11.5 Å². The van der Waals surface area contributed by atoms with Crippen molar-refractivity contribution >= 4 is 38.9 Å². The van der Waals surface area contributed by atoms with Gasteiger partial charge in [0.15, 0.2) is 11.5 Å². The first-order chi connectivity index (χ1) is 12.4. The molecule has 2 aromatic carbocycles. The van der Waals surface area contributed by atoms with Gasteiger partial charge in [-0.1, -0.05) is 23.8 Å². The van der Waals surface area contributed by atoms with Crippen LogP contribution in [0.2, 0.25) is 5.02 Å². The summed E-state index contributed by atoms with van der Waals surface area (Å²) >= 11 is 11.3. The predicted molar refractivity (Wildman–Crippen MR) is 105 cm³/mol. The summed E-state index contributed by atoms with van der Waals surface area (Å²) in [6.45, 7) is 1.87. The van der Waals surface area contributed by atoms with Crippen molar-refractivity contribution in [3.63, 3.8) is 0 Å². The molecule has 26 heavy (non-hydrogen) atoms. The first-order valence-corrected chi connectivity index (χ1v) is 10.3. The third-order valence-corrected chi connectivity index (χ3v) is 6.10. The molecule has 0 aliphatic carbocycles. The lowest BCUT2D eigenvalue weighted by Crippen LogP contribution is -2.26. The van der Waals surface area contributed by atoms with E-state index in [9.17, 15) is 8.42 Å². The summed E-state index contributed by atoms with van der Waals surface area (Å²) in [6.07, 6.45) is 2.25. The van der Waals surface area contributed by atoms with Crippen molar-refractivity contribution in [3.8, 4) is 11.5 Å². The van der Waals surface area contributed by atoms with Gasteiger partial charge in [-0.2, -0.15) is 8.42 Å². The van der Waals surface area contributed by atoms with Gasteiger partial charge in [0.05, 0.1) is 7.11 Å². The Hall–Kier alpha value is -1.83. The van der Waals surface area contributed by atoms with Crippen molar-refractivity contribution in [3.05, 3.63) is 53.1 Å². The van der Waals surface area contributed by atoms with E-state index in [1.54, 1.807) is 18.2 Å². The lowest BCUT2D eigenvalue weighted by atomic mass is 10.2. The van der Waals surface area contributed by atoms with Gasteiger partial charge >= 0.3 is 10.1 Å². The molecule has 1 heterocycles. The van der Waals surface area contributed by atoms with Crippen molar-refractivity contribution in [2.75, 3.05) is 20.2 Å². The average molecular weight is 412 g/mol. The molecule has 0 N–H and O–H groups in total. The molecule has 138 valence electrons. The molecule has 1 aliphatic rings. The van der Waals surface area contributed by atoms with Crippen LogP contribution in [0.1, 0.15) is 18.4 Å². The second-order valence-corrected chi connectivity index (χ2v) is 8.23. The Morgan fingerprint density at radius 3 is 2.35 bits per heavy atom. The fourth-order valence-electron chi connectivity index (χ4n) is 2.74. The quantitative estimate of drug-likeness (QED) is 0.549. The van der Waals surface area contributed by atoms with Crippen molar-refractivity contribution < 1.29 is 17.3 Å². The lowest BCUT2D eigenvalue weighted by molar-refractivity contribution is 0.390. The van der Waals surface area contributed by atoms with E-state index in [-0.39, 0.29) is 10.6 Å². The Labute approximate surface area is 163 Å². The van der Waals surface area contributed by atoms with Crippen molar-refractivity contribution in [2.45, 2.75) is 17.7 Å². The molecule has 1 saturated heterocycles. The molecule has 2 aromatic rings. The second kappa shape index (κ2) is 7.82. The van der Waals surface area contributed by atoms with Crippen LogP contribution in [0.3, 0.4) is 0 Å². The number of hydrogen-bond acceptors (Lipinski definition) is 5. The van der Waals surface area contributed by atoms with Crippen LogP contribution >= 0.6 is 23.8 Å². The summed E-state index contributed by atoms with van der Waals surface area (Å²) in [5, 5.41) is 0.446. The zero-order chi connectivity index (χ0) is 18.7. The van der Waals surface area contributed by atoms with Crippen LogP contribution < -0.4 is 8.92 Å². The maximum Gasteiger partial charge on any atom is 0.339 e. The Kier molecular flexibility index (Phi) is 5.70. The van der Waals surface area contributed by atoms with Crippen molar-refractivity contribution in [1.82, 2.24) is 4.90 Å². The number of methoxy groups -OCH3 is 1. The molecule has 0 radical (unpaired) electrons. The maximum absolute atomic E-state index is 12.5. The molecule has 0 amide bonds. The second-order valence-electron chi connectivity index (χ2n) is 5.86. The highest BCUT2D eigenvalue weighted by molar-refractivity contribution is 7.87. The summed E-state index contributed by atoms with van der Waals surface area (Å²) in [5.74, 6) is 0.414. The number of thiocarbonyl (C=S) groups is 1. The summed E-state index contributed by atoms with van der Waals surface area (Å²) in [4.78, 5) is 2.88. The molecule has 0 aromatic heterocycles. The van der Waals surface area contributed by atoms with Gasteiger partial charge in [0.25, 0.3) is 0 Å². The highest BCUT2D eigenvalue weighted by atomic mass is 35.5. The van der Waals surface area contributed by atoms with Gasteiger partial charge in [-0.25, -0.2) is 0 Å². The topological polar surface area (TPSA) is 55.8 Å². The molecule has 8 heteroatoms. The van der Waals surface area contributed by atoms with Gasteiger partial charge < -0.3 is 13.8 Å². The number of ether oxygens (including phenoxy) is 1.